The van der Waals surface area contributed by atoms with Crippen LogP contribution in [0, 0.1) is 17.6 Å². The normalized spacial score (nSPS) is 23.4. The molecule has 0 aliphatic heterocycles. The molecule has 1 aromatic carbocycles. The third kappa shape index (κ3) is 3.55. The third-order valence-electron chi connectivity index (χ3n) is 3.97. The molecule has 1 aromatic rings. The summed E-state index contributed by atoms with van der Waals surface area (Å²) in [6.45, 7) is 5.46. The van der Waals surface area contributed by atoms with E-state index in [0.717, 1.165) is 38.5 Å². The zero-order chi connectivity index (χ0) is 14.5. The van der Waals surface area contributed by atoms with Gasteiger partial charge in [-0.2, -0.15) is 0 Å². The highest BCUT2D eigenvalue weighted by atomic mass is 19.2. The molecule has 0 radical (unpaired) electrons. The first-order valence-electron chi connectivity index (χ1n) is 7.44. The lowest BCUT2D eigenvalue weighted by molar-refractivity contribution is -0.0292. The van der Waals surface area contributed by atoms with Crippen LogP contribution in [-0.2, 0) is 4.74 Å². The van der Waals surface area contributed by atoms with Crippen molar-refractivity contribution in [2.45, 2.75) is 45.3 Å². The van der Waals surface area contributed by atoms with Gasteiger partial charge in [-0.05, 0) is 44.7 Å². The zero-order valence-corrected chi connectivity index (χ0v) is 12.2. The van der Waals surface area contributed by atoms with Crippen LogP contribution in [0.1, 0.15) is 44.7 Å². The Morgan fingerprint density at radius 3 is 2.70 bits per heavy atom. The Morgan fingerprint density at radius 1 is 1.30 bits per heavy atom. The van der Waals surface area contributed by atoms with Gasteiger partial charge in [-0.15, -0.1) is 0 Å². The molecule has 4 heteroatoms. The fraction of sp³-hybridized carbons (Fsp3) is 0.625. The van der Waals surface area contributed by atoms with Crippen LogP contribution in [0.25, 0.3) is 0 Å². The molecular weight excluding hydrogens is 260 g/mol. The van der Waals surface area contributed by atoms with Crippen LogP contribution < -0.4 is 5.32 Å². The van der Waals surface area contributed by atoms with E-state index < -0.39 is 11.6 Å². The smallest absolute Gasteiger partial charge is 0.163 e. The monoisotopic (exact) mass is 283 g/mol. The second-order valence-electron chi connectivity index (χ2n) is 5.40. The Labute approximate surface area is 119 Å². The number of rotatable bonds is 7. The number of ether oxygens (including phenoxy) is 1. The second kappa shape index (κ2) is 7.14. The first-order valence-corrected chi connectivity index (χ1v) is 7.44. The summed E-state index contributed by atoms with van der Waals surface area (Å²) in [6, 6.07) is 4.28. The summed E-state index contributed by atoms with van der Waals surface area (Å²) in [7, 11) is 0. The summed E-state index contributed by atoms with van der Waals surface area (Å²) in [6.07, 6.45) is 3.22. The van der Waals surface area contributed by atoms with Crippen molar-refractivity contribution in [1.29, 1.82) is 0 Å². The molecule has 0 saturated heterocycles. The number of hydrogen-bond donors (Lipinski definition) is 1. The van der Waals surface area contributed by atoms with Crippen molar-refractivity contribution in [2.75, 3.05) is 13.2 Å². The van der Waals surface area contributed by atoms with Gasteiger partial charge < -0.3 is 10.1 Å². The SMILES string of the molecule is CCNC(CC1CC(OCC)C1)c1cccc(F)c1F. The Balaban J connectivity index is 1.99. The van der Waals surface area contributed by atoms with E-state index in [1.54, 1.807) is 12.1 Å². The Morgan fingerprint density at radius 2 is 2.05 bits per heavy atom. The van der Waals surface area contributed by atoms with Gasteiger partial charge in [0.1, 0.15) is 0 Å². The van der Waals surface area contributed by atoms with Crippen LogP contribution in [-0.4, -0.2) is 19.3 Å². The average molecular weight is 283 g/mol. The van der Waals surface area contributed by atoms with E-state index in [1.165, 1.54) is 0 Å². The topological polar surface area (TPSA) is 21.3 Å². The molecule has 1 atom stereocenters. The highest BCUT2D eigenvalue weighted by Gasteiger charge is 2.32. The van der Waals surface area contributed by atoms with Crippen molar-refractivity contribution in [3.63, 3.8) is 0 Å². The Kier molecular flexibility index (Phi) is 5.49. The van der Waals surface area contributed by atoms with Gasteiger partial charge in [-0.1, -0.05) is 19.1 Å². The van der Waals surface area contributed by atoms with E-state index in [4.69, 9.17) is 4.74 Å². The van der Waals surface area contributed by atoms with Gasteiger partial charge in [0.15, 0.2) is 11.6 Å². The first kappa shape index (κ1) is 15.4. The van der Waals surface area contributed by atoms with Crippen LogP contribution in [0.3, 0.4) is 0 Å². The van der Waals surface area contributed by atoms with Crippen LogP contribution in [0.15, 0.2) is 18.2 Å². The molecule has 20 heavy (non-hydrogen) atoms. The molecule has 2 nitrogen and oxygen atoms in total. The van der Waals surface area contributed by atoms with Gasteiger partial charge in [0, 0.05) is 18.2 Å². The Bertz CT molecular complexity index is 432. The summed E-state index contributed by atoms with van der Waals surface area (Å²) in [5, 5.41) is 3.27. The van der Waals surface area contributed by atoms with Crippen molar-refractivity contribution in [1.82, 2.24) is 5.32 Å². The summed E-state index contributed by atoms with van der Waals surface area (Å²) in [5.74, 6) is -0.969. The predicted octanol–water partition coefficient (Wildman–Crippen LogP) is 3.82. The van der Waals surface area contributed by atoms with Gasteiger partial charge in [0.25, 0.3) is 0 Å². The van der Waals surface area contributed by atoms with E-state index in [-0.39, 0.29) is 6.04 Å². The van der Waals surface area contributed by atoms with Crippen LogP contribution in [0.5, 0.6) is 0 Å². The van der Waals surface area contributed by atoms with Crippen molar-refractivity contribution in [3.8, 4) is 0 Å². The molecule has 1 aliphatic rings. The van der Waals surface area contributed by atoms with Crippen molar-refractivity contribution in [2.24, 2.45) is 5.92 Å². The fourth-order valence-electron chi connectivity index (χ4n) is 2.93. The maximum atomic E-state index is 13.9. The maximum absolute atomic E-state index is 13.9. The fourth-order valence-corrected chi connectivity index (χ4v) is 2.93. The molecule has 1 aliphatic carbocycles. The molecule has 112 valence electrons. The molecule has 1 unspecified atom stereocenters. The minimum atomic E-state index is -0.772. The minimum absolute atomic E-state index is 0.122. The maximum Gasteiger partial charge on any atom is 0.163 e. The van der Waals surface area contributed by atoms with Crippen molar-refractivity contribution in [3.05, 3.63) is 35.4 Å². The summed E-state index contributed by atoms with van der Waals surface area (Å²) in [4.78, 5) is 0. The van der Waals surface area contributed by atoms with E-state index >= 15 is 0 Å². The number of nitrogens with one attached hydrogen (secondary N) is 1. The van der Waals surface area contributed by atoms with Crippen molar-refractivity contribution >= 4 is 0 Å². The number of benzene rings is 1. The molecular formula is C16H23F2NO. The largest absolute Gasteiger partial charge is 0.378 e. The summed E-state index contributed by atoms with van der Waals surface area (Å²) >= 11 is 0. The molecule has 0 aromatic heterocycles. The van der Waals surface area contributed by atoms with E-state index in [1.807, 2.05) is 13.8 Å². The lowest BCUT2D eigenvalue weighted by Crippen LogP contribution is -2.35. The first-order chi connectivity index (χ1) is 9.65. The standard InChI is InChI=1S/C16H23F2NO/c1-3-19-15(10-11-8-12(9-11)20-4-2)13-6-5-7-14(17)16(13)18/h5-7,11-12,15,19H,3-4,8-10H2,1-2H3. The zero-order valence-electron chi connectivity index (χ0n) is 12.2. The van der Waals surface area contributed by atoms with Crippen LogP contribution in [0.2, 0.25) is 0 Å². The molecule has 2 rings (SSSR count). The van der Waals surface area contributed by atoms with Gasteiger partial charge in [-0.3, -0.25) is 0 Å². The van der Waals surface area contributed by atoms with Crippen molar-refractivity contribution < 1.29 is 13.5 Å². The highest BCUT2D eigenvalue weighted by molar-refractivity contribution is 5.22. The van der Waals surface area contributed by atoms with Gasteiger partial charge in [-0.25, -0.2) is 8.78 Å². The third-order valence-corrected chi connectivity index (χ3v) is 3.97. The summed E-state index contributed by atoms with van der Waals surface area (Å²) < 4.78 is 32.8. The van der Waals surface area contributed by atoms with E-state index in [9.17, 15) is 8.78 Å². The summed E-state index contributed by atoms with van der Waals surface area (Å²) in [5.41, 5.74) is 0.437. The molecule has 1 N–H and O–H groups in total. The van der Waals surface area contributed by atoms with E-state index in [2.05, 4.69) is 5.32 Å². The quantitative estimate of drug-likeness (QED) is 0.821. The predicted molar refractivity (Wildman–Crippen MR) is 75.5 cm³/mol. The van der Waals surface area contributed by atoms with Crippen LogP contribution >= 0.6 is 0 Å². The van der Waals surface area contributed by atoms with Gasteiger partial charge in [0.05, 0.1) is 6.10 Å². The molecule has 0 bridgehead atoms. The molecule has 1 fully saturated rings. The Hall–Kier alpha value is -1.00. The molecule has 1 saturated carbocycles. The lowest BCUT2D eigenvalue weighted by Gasteiger charge is -2.37. The van der Waals surface area contributed by atoms with Gasteiger partial charge in [0.2, 0.25) is 0 Å². The highest BCUT2D eigenvalue weighted by Crippen LogP contribution is 2.37. The average Bonchev–Trinajstić information content (AvgIpc) is 2.39. The lowest BCUT2D eigenvalue weighted by atomic mass is 9.77. The molecule has 0 amide bonds. The van der Waals surface area contributed by atoms with Crippen LogP contribution in [0.4, 0.5) is 8.78 Å². The van der Waals surface area contributed by atoms with E-state index in [0.29, 0.717) is 17.6 Å². The number of halogens is 2. The number of hydrogen-bond acceptors (Lipinski definition) is 2. The minimum Gasteiger partial charge on any atom is -0.378 e. The molecule has 0 spiro atoms. The molecule has 0 heterocycles. The van der Waals surface area contributed by atoms with Gasteiger partial charge >= 0.3 is 0 Å². The second-order valence-corrected chi connectivity index (χ2v) is 5.40.